The van der Waals surface area contributed by atoms with Crippen LogP contribution in [0.2, 0.25) is 0 Å². The van der Waals surface area contributed by atoms with Crippen LogP contribution in [0, 0.1) is 5.41 Å². The lowest BCUT2D eigenvalue weighted by Crippen LogP contribution is -2.15. The Hall–Kier alpha value is -0.500. The molecule has 0 saturated heterocycles. The third-order valence-corrected chi connectivity index (χ3v) is 2.67. The van der Waals surface area contributed by atoms with Crippen LogP contribution < -0.4 is 0 Å². The van der Waals surface area contributed by atoms with Crippen LogP contribution in [0.4, 0.5) is 0 Å². The van der Waals surface area contributed by atoms with Gasteiger partial charge in [0.1, 0.15) is 0 Å². The molecule has 0 saturated carbocycles. The van der Waals surface area contributed by atoms with Crippen LogP contribution in [-0.4, -0.2) is 4.98 Å². The van der Waals surface area contributed by atoms with Crippen molar-refractivity contribution in [3.8, 4) is 0 Å². The molecule has 2 rings (SSSR count). The second-order valence-electron chi connectivity index (χ2n) is 4.05. The smallest absolute Gasteiger partial charge is 0.0828 e. The summed E-state index contributed by atoms with van der Waals surface area (Å²) in [6, 6.07) is 2.13. The standard InChI is InChI=1S/C10H12BrN/c1-10(2)4-3-7-5-9(11)12-8(7)6-10/h3-5,12H,6H2,1-2H3. The molecule has 1 nitrogen and oxygen atoms in total. The van der Waals surface area contributed by atoms with Gasteiger partial charge in [0.2, 0.25) is 0 Å². The number of H-pyrrole nitrogens is 1. The number of allylic oxidation sites excluding steroid dienone is 1. The van der Waals surface area contributed by atoms with E-state index >= 15 is 0 Å². The molecule has 12 heavy (non-hydrogen) atoms. The van der Waals surface area contributed by atoms with E-state index in [-0.39, 0.29) is 0 Å². The van der Waals surface area contributed by atoms with Crippen molar-refractivity contribution < 1.29 is 0 Å². The van der Waals surface area contributed by atoms with Gasteiger partial charge >= 0.3 is 0 Å². The second-order valence-corrected chi connectivity index (χ2v) is 4.90. The summed E-state index contributed by atoms with van der Waals surface area (Å²) in [7, 11) is 0. The molecule has 1 aliphatic rings. The van der Waals surface area contributed by atoms with Gasteiger partial charge in [-0.1, -0.05) is 26.0 Å². The molecule has 1 N–H and O–H groups in total. The minimum Gasteiger partial charge on any atom is -0.353 e. The molecule has 0 aliphatic heterocycles. The fourth-order valence-electron chi connectivity index (χ4n) is 1.60. The molecular formula is C10H12BrN. The highest BCUT2D eigenvalue weighted by molar-refractivity contribution is 9.10. The fraction of sp³-hybridized carbons (Fsp3) is 0.400. The lowest BCUT2D eigenvalue weighted by atomic mass is 9.82. The van der Waals surface area contributed by atoms with Crippen LogP contribution in [0.3, 0.4) is 0 Å². The third-order valence-electron chi connectivity index (χ3n) is 2.25. The summed E-state index contributed by atoms with van der Waals surface area (Å²) in [5, 5.41) is 0. The van der Waals surface area contributed by atoms with Gasteiger partial charge in [-0.3, -0.25) is 0 Å². The van der Waals surface area contributed by atoms with Crippen molar-refractivity contribution in [2.75, 3.05) is 0 Å². The highest BCUT2D eigenvalue weighted by Crippen LogP contribution is 2.32. The van der Waals surface area contributed by atoms with Crippen molar-refractivity contribution in [1.29, 1.82) is 0 Å². The summed E-state index contributed by atoms with van der Waals surface area (Å²) < 4.78 is 1.08. The van der Waals surface area contributed by atoms with Crippen LogP contribution in [0.25, 0.3) is 6.08 Å². The first-order chi connectivity index (χ1) is 5.57. The van der Waals surface area contributed by atoms with Crippen LogP contribution in [-0.2, 0) is 6.42 Å². The molecular weight excluding hydrogens is 214 g/mol. The van der Waals surface area contributed by atoms with Gasteiger partial charge in [0.05, 0.1) is 4.60 Å². The summed E-state index contributed by atoms with van der Waals surface area (Å²) in [5.74, 6) is 0. The first-order valence-corrected chi connectivity index (χ1v) is 4.93. The highest BCUT2D eigenvalue weighted by atomic mass is 79.9. The average Bonchev–Trinajstić information content (AvgIpc) is 2.26. The Morgan fingerprint density at radius 1 is 1.50 bits per heavy atom. The van der Waals surface area contributed by atoms with E-state index in [1.54, 1.807) is 0 Å². The molecule has 1 aromatic heterocycles. The number of nitrogens with one attached hydrogen (secondary N) is 1. The maximum absolute atomic E-state index is 3.44. The maximum atomic E-state index is 3.44. The van der Waals surface area contributed by atoms with Crippen LogP contribution in [0.1, 0.15) is 25.1 Å². The predicted molar refractivity (Wildman–Crippen MR) is 55.0 cm³/mol. The maximum Gasteiger partial charge on any atom is 0.0828 e. The van der Waals surface area contributed by atoms with Crippen LogP contribution in [0.5, 0.6) is 0 Å². The Morgan fingerprint density at radius 3 is 3.00 bits per heavy atom. The zero-order valence-electron chi connectivity index (χ0n) is 7.32. The molecule has 1 aromatic rings. The molecule has 0 radical (unpaired) electrons. The molecule has 0 spiro atoms. The van der Waals surface area contributed by atoms with E-state index in [9.17, 15) is 0 Å². The van der Waals surface area contributed by atoms with Gasteiger partial charge in [-0.2, -0.15) is 0 Å². The van der Waals surface area contributed by atoms with E-state index < -0.39 is 0 Å². The van der Waals surface area contributed by atoms with Gasteiger partial charge in [-0.25, -0.2) is 0 Å². The monoisotopic (exact) mass is 225 g/mol. The van der Waals surface area contributed by atoms with Gasteiger partial charge in [0.15, 0.2) is 0 Å². The van der Waals surface area contributed by atoms with E-state index in [1.807, 2.05) is 0 Å². The Balaban J connectivity index is 2.45. The quantitative estimate of drug-likeness (QED) is 0.698. The minimum absolute atomic E-state index is 0.303. The fourth-order valence-corrected chi connectivity index (χ4v) is 2.09. The van der Waals surface area contributed by atoms with Crippen molar-refractivity contribution >= 4 is 22.0 Å². The Labute approximate surface area is 81.0 Å². The molecule has 64 valence electrons. The summed E-state index contributed by atoms with van der Waals surface area (Å²) in [6.07, 6.45) is 5.57. The molecule has 2 heteroatoms. The van der Waals surface area contributed by atoms with Crippen molar-refractivity contribution in [3.05, 3.63) is 28.0 Å². The lowest BCUT2D eigenvalue weighted by Gasteiger charge is -2.23. The number of hydrogen-bond donors (Lipinski definition) is 1. The van der Waals surface area contributed by atoms with Crippen molar-refractivity contribution in [3.63, 3.8) is 0 Å². The SMILES string of the molecule is CC1(C)C=Cc2cc(Br)[nH]c2C1. The molecule has 1 aliphatic carbocycles. The highest BCUT2D eigenvalue weighted by Gasteiger charge is 2.21. The molecule has 0 amide bonds. The summed E-state index contributed by atoms with van der Waals surface area (Å²) in [4.78, 5) is 3.32. The van der Waals surface area contributed by atoms with E-state index in [4.69, 9.17) is 0 Å². The molecule has 0 unspecified atom stereocenters. The Morgan fingerprint density at radius 2 is 2.25 bits per heavy atom. The summed E-state index contributed by atoms with van der Waals surface area (Å²) >= 11 is 3.44. The molecule has 0 atom stereocenters. The normalized spacial score (nSPS) is 19.2. The number of aromatic amines is 1. The van der Waals surface area contributed by atoms with Gasteiger partial charge < -0.3 is 4.98 Å². The van der Waals surface area contributed by atoms with E-state index in [0.29, 0.717) is 5.41 Å². The van der Waals surface area contributed by atoms with Crippen LogP contribution in [0.15, 0.2) is 16.7 Å². The van der Waals surface area contributed by atoms with Crippen molar-refractivity contribution in [1.82, 2.24) is 4.98 Å². The number of fused-ring (bicyclic) bond motifs is 1. The van der Waals surface area contributed by atoms with E-state index in [2.05, 4.69) is 53.0 Å². The molecule has 0 bridgehead atoms. The predicted octanol–water partition coefficient (Wildman–Crippen LogP) is 3.37. The zero-order valence-corrected chi connectivity index (χ0v) is 8.90. The number of rotatable bonds is 0. The van der Waals surface area contributed by atoms with Gasteiger partial charge in [-0.05, 0) is 39.4 Å². The topological polar surface area (TPSA) is 15.8 Å². The van der Waals surface area contributed by atoms with Crippen molar-refractivity contribution in [2.24, 2.45) is 5.41 Å². The summed E-state index contributed by atoms with van der Waals surface area (Å²) in [5.41, 5.74) is 2.97. The van der Waals surface area contributed by atoms with Gasteiger partial charge in [0.25, 0.3) is 0 Å². The first kappa shape index (κ1) is 8.11. The Bertz CT molecular complexity index is 334. The number of hydrogen-bond acceptors (Lipinski definition) is 0. The molecule has 0 fully saturated rings. The summed E-state index contributed by atoms with van der Waals surface area (Å²) in [6.45, 7) is 4.50. The lowest BCUT2D eigenvalue weighted by molar-refractivity contribution is 0.469. The van der Waals surface area contributed by atoms with Crippen LogP contribution >= 0.6 is 15.9 Å². The number of aromatic nitrogens is 1. The van der Waals surface area contributed by atoms with E-state index in [0.717, 1.165) is 11.0 Å². The number of halogens is 1. The molecule has 0 aromatic carbocycles. The average molecular weight is 226 g/mol. The van der Waals surface area contributed by atoms with Gasteiger partial charge in [0, 0.05) is 5.69 Å². The Kier molecular flexibility index (Phi) is 1.69. The third kappa shape index (κ3) is 1.36. The van der Waals surface area contributed by atoms with Gasteiger partial charge in [-0.15, -0.1) is 0 Å². The first-order valence-electron chi connectivity index (χ1n) is 4.13. The van der Waals surface area contributed by atoms with Crippen molar-refractivity contribution in [2.45, 2.75) is 20.3 Å². The largest absolute Gasteiger partial charge is 0.353 e. The minimum atomic E-state index is 0.303. The zero-order chi connectivity index (χ0) is 8.77. The molecule has 1 heterocycles. The van der Waals surface area contributed by atoms with E-state index in [1.165, 1.54) is 11.3 Å². The second kappa shape index (κ2) is 2.49.